The second-order valence-electron chi connectivity index (χ2n) is 6.52. The van der Waals surface area contributed by atoms with Crippen LogP contribution in [0.5, 0.6) is 5.75 Å². The van der Waals surface area contributed by atoms with E-state index in [9.17, 15) is 4.79 Å². The van der Waals surface area contributed by atoms with Crippen molar-refractivity contribution in [3.8, 4) is 16.9 Å². The molecule has 0 radical (unpaired) electrons. The molecule has 0 bridgehead atoms. The quantitative estimate of drug-likeness (QED) is 0.570. The Morgan fingerprint density at radius 2 is 1.82 bits per heavy atom. The zero-order valence-corrected chi connectivity index (χ0v) is 16.6. The molecule has 7 heteroatoms. The van der Waals surface area contributed by atoms with Gasteiger partial charge in [0, 0.05) is 19.6 Å². The molecule has 5 nitrogen and oxygen atoms in total. The number of benzene rings is 2. The largest absolute Gasteiger partial charge is 0.491 e. The molecule has 2 heterocycles. The molecular weight excluding hydrogens is 401 g/mol. The highest BCUT2D eigenvalue weighted by molar-refractivity contribution is 6.42. The molecule has 0 atom stereocenters. The predicted octanol–water partition coefficient (Wildman–Crippen LogP) is 4.48. The van der Waals surface area contributed by atoms with Crippen molar-refractivity contribution >= 4 is 34.2 Å². The number of hydrogen-bond acceptors (Lipinski definition) is 5. The second-order valence-corrected chi connectivity index (χ2v) is 7.34. The van der Waals surface area contributed by atoms with E-state index in [1.165, 1.54) is 0 Å². The molecule has 1 aliphatic heterocycles. The lowest BCUT2D eigenvalue weighted by molar-refractivity contribution is 0.0323. The van der Waals surface area contributed by atoms with Crippen molar-refractivity contribution in [3.63, 3.8) is 0 Å². The number of ether oxygens (including phenoxy) is 2. The summed E-state index contributed by atoms with van der Waals surface area (Å²) in [6.45, 7) is 4.40. The molecule has 0 N–H and O–H groups in total. The normalized spacial score (nSPS) is 15.1. The van der Waals surface area contributed by atoms with Gasteiger partial charge in [-0.3, -0.25) is 4.90 Å². The smallest absolute Gasteiger partial charge is 0.347 e. The zero-order valence-electron chi connectivity index (χ0n) is 15.1. The molecule has 0 aliphatic carbocycles. The Bertz CT molecular complexity index is 1040. The SMILES string of the molecule is O=c1oc2ccccc2c(OCCN2CCOCC2)c1-c1ccc(Cl)c(Cl)c1. The van der Waals surface area contributed by atoms with Crippen molar-refractivity contribution < 1.29 is 13.9 Å². The topological polar surface area (TPSA) is 51.9 Å². The van der Waals surface area contributed by atoms with Gasteiger partial charge in [0.15, 0.2) is 0 Å². The van der Waals surface area contributed by atoms with Crippen LogP contribution in [-0.4, -0.2) is 44.4 Å². The molecule has 146 valence electrons. The van der Waals surface area contributed by atoms with Gasteiger partial charge < -0.3 is 13.9 Å². The van der Waals surface area contributed by atoms with Crippen LogP contribution in [0.2, 0.25) is 10.0 Å². The van der Waals surface area contributed by atoms with Crippen molar-refractivity contribution in [1.82, 2.24) is 4.90 Å². The minimum atomic E-state index is -0.474. The molecular formula is C21H19Cl2NO4. The molecule has 28 heavy (non-hydrogen) atoms. The lowest BCUT2D eigenvalue weighted by Gasteiger charge is -2.26. The van der Waals surface area contributed by atoms with E-state index in [4.69, 9.17) is 37.1 Å². The van der Waals surface area contributed by atoms with Crippen LogP contribution in [0.15, 0.2) is 51.7 Å². The first kappa shape index (κ1) is 19.3. The van der Waals surface area contributed by atoms with Gasteiger partial charge in [0.1, 0.15) is 23.5 Å². The van der Waals surface area contributed by atoms with Crippen LogP contribution in [0.25, 0.3) is 22.1 Å². The van der Waals surface area contributed by atoms with Crippen LogP contribution in [0, 0.1) is 0 Å². The minimum Gasteiger partial charge on any atom is -0.491 e. The standard InChI is InChI=1S/C21H19Cl2NO4/c22-16-6-5-14(13-17(16)23)19-20(27-12-9-24-7-10-26-11-8-24)15-3-1-2-4-18(15)28-21(19)25/h1-6,13H,7-12H2. The van der Waals surface area contributed by atoms with Gasteiger partial charge in [0.25, 0.3) is 0 Å². The maximum atomic E-state index is 12.8. The number of para-hydroxylation sites is 1. The van der Waals surface area contributed by atoms with Crippen LogP contribution < -0.4 is 10.4 Å². The fourth-order valence-electron chi connectivity index (χ4n) is 3.27. The summed E-state index contributed by atoms with van der Waals surface area (Å²) in [7, 11) is 0. The van der Waals surface area contributed by atoms with Gasteiger partial charge in [-0.15, -0.1) is 0 Å². The number of halogens is 2. The van der Waals surface area contributed by atoms with Crippen LogP contribution in [0.4, 0.5) is 0 Å². The number of nitrogens with zero attached hydrogens (tertiary/aromatic N) is 1. The molecule has 3 aromatic rings. The summed E-state index contributed by atoms with van der Waals surface area (Å²) in [6.07, 6.45) is 0. The maximum absolute atomic E-state index is 12.8. The van der Waals surface area contributed by atoms with E-state index in [1.807, 2.05) is 18.2 Å². The van der Waals surface area contributed by atoms with Gasteiger partial charge in [-0.25, -0.2) is 4.79 Å². The molecule has 1 aromatic heterocycles. The Balaban J connectivity index is 1.72. The summed E-state index contributed by atoms with van der Waals surface area (Å²) in [6, 6.07) is 12.4. The third-order valence-electron chi connectivity index (χ3n) is 4.73. The van der Waals surface area contributed by atoms with E-state index < -0.39 is 5.63 Å². The van der Waals surface area contributed by atoms with E-state index in [2.05, 4.69) is 4.90 Å². The Labute approximate surface area is 172 Å². The first-order valence-electron chi connectivity index (χ1n) is 9.07. The van der Waals surface area contributed by atoms with Gasteiger partial charge >= 0.3 is 5.63 Å². The number of rotatable bonds is 5. The second kappa shape index (κ2) is 8.53. The summed E-state index contributed by atoms with van der Waals surface area (Å²) in [5, 5.41) is 1.53. The van der Waals surface area contributed by atoms with Crippen molar-refractivity contribution in [1.29, 1.82) is 0 Å². The Morgan fingerprint density at radius 1 is 1.04 bits per heavy atom. The van der Waals surface area contributed by atoms with E-state index in [-0.39, 0.29) is 0 Å². The minimum absolute atomic E-state index is 0.347. The van der Waals surface area contributed by atoms with Crippen LogP contribution in [0.3, 0.4) is 0 Å². The summed E-state index contributed by atoms with van der Waals surface area (Å²) in [4.78, 5) is 15.0. The van der Waals surface area contributed by atoms with Gasteiger partial charge in [0.05, 0.1) is 28.6 Å². The molecule has 0 amide bonds. The molecule has 1 fully saturated rings. The van der Waals surface area contributed by atoms with E-state index >= 15 is 0 Å². The number of morpholine rings is 1. The average molecular weight is 420 g/mol. The van der Waals surface area contributed by atoms with Crippen LogP contribution >= 0.6 is 23.2 Å². The molecule has 1 aliphatic rings. The lowest BCUT2D eigenvalue weighted by Crippen LogP contribution is -2.38. The molecule has 2 aromatic carbocycles. The van der Waals surface area contributed by atoms with Crippen molar-refractivity contribution in [2.75, 3.05) is 39.5 Å². The fraction of sp³-hybridized carbons (Fsp3) is 0.286. The van der Waals surface area contributed by atoms with Crippen LogP contribution in [-0.2, 0) is 4.74 Å². The molecule has 0 unspecified atom stereocenters. The molecule has 4 rings (SSSR count). The fourth-order valence-corrected chi connectivity index (χ4v) is 3.57. The summed E-state index contributed by atoms with van der Waals surface area (Å²) >= 11 is 12.2. The van der Waals surface area contributed by atoms with Gasteiger partial charge in [0.2, 0.25) is 0 Å². The summed E-state index contributed by atoms with van der Waals surface area (Å²) in [5.74, 6) is 0.499. The number of hydrogen-bond donors (Lipinski definition) is 0. The zero-order chi connectivity index (χ0) is 19.5. The Kier molecular flexibility index (Phi) is 5.87. The molecule has 0 spiro atoms. The highest BCUT2D eigenvalue weighted by atomic mass is 35.5. The maximum Gasteiger partial charge on any atom is 0.347 e. The first-order valence-corrected chi connectivity index (χ1v) is 9.83. The first-order chi connectivity index (χ1) is 13.6. The predicted molar refractivity (Wildman–Crippen MR) is 111 cm³/mol. The average Bonchev–Trinajstić information content (AvgIpc) is 2.71. The van der Waals surface area contributed by atoms with Gasteiger partial charge in [-0.2, -0.15) is 0 Å². The lowest BCUT2D eigenvalue weighted by atomic mass is 10.0. The molecule has 1 saturated heterocycles. The van der Waals surface area contributed by atoms with Crippen LogP contribution in [0.1, 0.15) is 0 Å². The van der Waals surface area contributed by atoms with Crippen molar-refractivity contribution in [2.24, 2.45) is 0 Å². The number of fused-ring (bicyclic) bond motifs is 1. The third-order valence-corrected chi connectivity index (χ3v) is 5.47. The highest BCUT2D eigenvalue weighted by Crippen LogP contribution is 2.36. The summed E-state index contributed by atoms with van der Waals surface area (Å²) < 4.78 is 17.0. The Hall–Kier alpha value is -2.05. The van der Waals surface area contributed by atoms with Gasteiger partial charge in [-0.05, 0) is 29.8 Å². The van der Waals surface area contributed by atoms with E-state index in [1.54, 1.807) is 24.3 Å². The van der Waals surface area contributed by atoms with Crippen molar-refractivity contribution in [3.05, 3.63) is 62.9 Å². The Morgan fingerprint density at radius 3 is 2.61 bits per heavy atom. The summed E-state index contributed by atoms with van der Waals surface area (Å²) in [5.41, 5.74) is 0.964. The van der Waals surface area contributed by atoms with E-state index in [0.717, 1.165) is 38.2 Å². The monoisotopic (exact) mass is 419 g/mol. The molecule has 0 saturated carbocycles. The van der Waals surface area contributed by atoms with Crippen molar-refractivity contribution in [2.45, 2.75) is 0 Å². The third kappa shape index (κ3) is 4.03. The van der Waals surface area contributed by atoms with Gasteiger partial charge in [-0.1, -0.05) is 41.4 Å². The highest BCUT2D eigenvalue weighted by Gasteiger charge is 2.19. The van der Waals surface area contributed by atoms with E-state index in [0.29, 0.717) is 39.1 Å².